The first kappa shape index (κ1) is 13.8. The molecule has 0 radical (unpaired) electrons. The predicted molar refractivity (Wildman–Crippen MR) is 70.2 cm³/mol. The lowest BCUT2D eigenvalue weighted by Gasteiger charge is -2.29. The number of hydrogen-bond donors (Lipinski definition) is 1. The van der Waals surface area contributed by atoms with E-state index in [1.165, 1.54) is 0 Å². The van der Waals surface area contributed by atoms with E-state index in [2.05, 4.69) is 20.8 Å². The Kier molecular flexibility index (Phi) is 4.66. The molecule has 90 valence electrons. The van der Waals surface area contributed by atoms with Gasteiger partial charge in [0.25, 0.3) is 0 Å². The average molecular weight is 261 g/mol. The molecular formula is C13H18Cl2O. The Labute approximate surface area is 107 Å². The maximum atomic E-state index is 10.1. The van der Waals surface area contributed by atoms with Crippen molar-refractivity contribution in [2.24, 2.45) is 5.41 Å². The van der Waals surface area contributed by atoms with Crippen LogP contribution in [-0.2, 0) is 6.42 Å². The van der Waals surface area contributed by atoms with Crippen molar-refractivity contribution in [3.05, 3.63) is 33.8 Å². The lowest BCUT2D eigenvalue weighted by Crippen LogP contribution is -2.30. The highest BCUT2D eigenvalue weighted by Gasteiger charge is 2.26. The normalized spacial score (nSPS) is 13.9. The van der Waals surface area contributed by atoms with E-state index in [1.54, 1.807) is 6.07 Å². The van der Waals surface area contributed by atoms with Crippen LogP contribution in [0.4, 0.5) is 0 Å². The molecule has 0 aliphatic carbocycles. The van der Waals surface area contributed by atoms with Crippen molar-refractivity contribution in [3.63, 3.8) is 0 Å². The Hall–Kier alpha value is -0.240. The van der Waals surface area contributed by atoms with Crippen LogP contribution in [0.15, 0.2) is 18.2 Å². The zero-order valence-electron chi connectivity index (χ0n) is 9.93. The van der Waals surface area contributed by atoms with Crippen LogP contribution in [0.1, 0.15) is 32.8 Å². The second kappa shape index (κ2) is 5.39. The molecule has 1 nitrogen and oxygen atoms in total. The molecule has 0 fully saturated rings. The molecule has 3 heteroatoms. The minimum atomic E-state index is -0.409. The van der Waals surface area contributed by atoms with Crippen LogP contribution >= 0.6 is 23.2 Å². The van der Waals surface area contributed by atoms with Gasteiger partial charge in [-0.2, -0.15) is 0 Å². The van der Waals surface area contributed by atoms with Crippen LogP contribution in [0, 0.1) is 5.41 Å². The first-order valence-electron chi connectivity index (χ1n) is 5.49. The highest BCUT2D eigenvalue weighted by Crippen LogP contribution is 2.31. The molecule has 0 aromatic heterocycles. The predicted octanol–water partition coefficient (Wildman–Crippen LogP) is 4.33. The molecular weight excluding hydrogens is 243 g/mol. The summed E-state index contributed by atoms with van der Waals surface area (Å²) in [5, 5.41) is 11.2. The summed E-state index contributed by atoms with van der Waals surface area (Å²) in [7, 11) is 0. The van der Waals surface area contributed by atoms with Crippen molar-refractivity contribution in [1.29, 1.82) is 0 Å². The smallest absolute Gasteiger partial charge is 0.0631 e. The third-order valence-corrected chi connectivity index (χ3v) is 4.12. The molecule has 0 spiro atoms. The Morgan fingerprint density at radius 2 is 1.94 bits per heavy atom. The average Bonchev–Trinajstić information content (AvgIpc) is 2.24. The van der Waals surface area contributed by atoms with E-state index in [-0.39, 0.29) is 5.41 Å². The van der Waals surface area contributed by atoms with Gasteiger partial charge in [-0.25, -0.2) is 0 Å². The molecule has 0 aliphatic heterocycles. The largest absolute Gasteiger partial charge is 0.392 e. The fourth-order valence-corrected chi connectivity index (χ4v) is 1.82. The molecule has 1 aromatic rings. The zero-order valence-corrected chi connectivity index (χ0v) is 11.4. The molecule has 16 heavy (non-hydrogen) atoms. The van der Waals surface area contributed by atoms with Crippen molar-refractivity contribution < 1.29 is 5.11 Å². The molecule has 1 aromatic carbocycles. The van der Waals surface area contributed by atoms with E-state index < -0.39 is 6.10 Å². The second-order valence-electron chi connectivity index (χ2n) is 4.77. The highest BCUT2D eigenvalue weighted by molar-refractivity contribution is 6.42. The van der Waals surface area contributed by atoms with E-state index >= 15 is 0 Å². The molecule has 0 saturated heterocycles. The number of hydrogen-bond acceptors (Lipinski definition) is 1. The number of benzene rings is 1. The summed E-state index contributed by atoms with van der Waals surface area (Å²) < 4.78 is 0. The first-order valence-corrected chi connectivity index (χ1v) is 6.25. The molecule has 0 aliphatic rings. The van der Waals surface area contributed by atoms with Gasteiger partial charge in [-0.3, -0.25) is 0 Å². The summed E-state index contributed by atoms with van der Waals surface area (Å²) in [6, 6.07) is 5.52. The van der Waals surface area contributed by atoms with Crippen LogP contribution < -0.4 is 0 Å². The Morgan fingerprint density at radius 1 is 1.31 bits per heavy atom. The molecule has 0 heterocycles. The minimum Gasteiger partial charge on any atom is -0.392 e. The molecule has 0 saturated carbocycles. The molecule has 1 unspecified atom stereocenters. The van der Waals surface area contributed by atoms with Crippen molar-refractivity contribution in [2.45, 2.75) is 39.7 Å². The number of rotatable bonds is 4. The second-order valence-corrected chi connectivity index (χ2v) is 5.56. The van der Waals surface area contributed by atoms with Gasteiger partial charge >= 0.3 is 0 Å². The number of aliphatic hydroxyl groups excluding tert-OH is 1. The molecule has 0 bridgehead atoms. The van der Waals surface area contributed by atoms with Gasteiger partial charge in [0.2, 0.25) is 0 Å². The topological polar surface area (TPSA) is 20.2 Å². The lowest BCUT2D eigenvalue weighted by molar-refractivity contribution is 0.0480. The van der Waals surface area contributed by atoms with Gasteiger partial charge in [0.05, 0.1) is 16.1 Å². The Morgan fingerprint density at radius 3 is 2.50 bits per heavy atom. The molecule has 1 N–H and O–H groups in total. The summed E-state index contributed by atoms with van der Waals surface area (Å²) in [6.45, 7) is 6.18. The van der Waals surface area contributed by atoms with E-state index in [4.69, 9.17) is 23.2 Å². The molecule has 1 atom stereocenters. The van der Waals surface area contributed by atoms with E-state index in [0.29, 0.717) is 16.5 Å². The van der Waals surface area contributed by atoms with Gasteiger partial charge < -0.3 is 5.11 Å². The van der Waals surface area contributed by atoms with Crippen LogP contribution in [-0.4, -0.2) is 11.2 Å². The van der Waals surface area contributed by atoms with Crippen molar-refractivity contribution in [3.8, 4) is 0 Å². The highest BCUT2D eigenvalue weighted by atomic mass is 35.5. The van der Waals surface area contributed by atoms with Crippen LogP contribution in [0.5, 0.6) is 0 Å². The quantitative estimate of drug-likeness (QED) is 0.855. The van der Waals surface area contributed by atoms with Crippen molar-refractivity contribution in [1.82, 2.24) is 0 Å². The van der Waals surface area contributed by atoms with Gasteiger partial charge in [0.1, 0.15) is 0 Å². The summed E-state index contributed by atoms with van der Waals surface area (Å²) in [6.07, 6.45) is 1.06. The number of halogens is 2. The maximum Gasteiger partial charge on any atom is 0.0631 e. The Bertz CT molecular complexity index is 361. The molecule has 0 amide bonds. The van der Waals surface area contributed by atoms with Crippen LogP contribution in [0.2, 0.25) is 10.0 Å². The summed E-state index contributed by atoms with van der Waals surface area (Å²) >= 11 is 12.0. The summed E-state index contributed by atoms with van der Waals surface area (Å²) in [5.41, 5.74) is 0.800. The lowest BCUT2D eigenvalue weighted by atomic mass is 9.81. The fourth-order valence-electron chi connectivity index (χ4n) is 1.43. The van der Waals surface area contributed by atoms with E-state index in [0.717, 1.165) is 12.0 Å². The summed E-state index contributed by atoms with van der Waals surface area (Å²) in [5.74, 6) is 0. The van der Waals surface area contributed by atoms with Crippen LogP contribution in [0.3, 0.4) is 0 Å². The zero-order chi connectivity index (χ0) is 12.3. The SMILES string of the molecule is CCC(C)(C)C(O)Cc1cccc(Cl)c1Cl. The van der Waals surface area contributed by atoms with Gasteiger partial charge in [-0.05, 0) is 23.5 Å². The molecule has 1 rings (SSSR count). The van der Waals surface area contributed by atoms with Gasteiger partial charge in [0, 0.05) is 6.42 Å². The van der Waals surface area contributed by atoms with Crippen LogP contribution in [0.25, 0.3) is 0 Å². The first-order chi connectivity index (χ1) is 7.38. The monoisotopic (exact) mass is 260 g/mol. The third kappa shape index (κ3) is 3.13. The minimum absolute atomic E-state index is 0.106. The third-order valence-electron chi connectivity index (χ3n) is 3.26. The van der Waals surface area contributed by atoms with Gasteiger partial charge in [0.15, 0.2) is 0 Å². The summed E-state index contributed by atoms with van der Waals surface area (Å²) in [4.78, 5) is 0. The maximum absolute atomic E-state index is 10.1. The Balaban J connectivity index is 2.85. The van der Waals surface area contributed by atoms with E-state index in [1.807, 2.05) is 12.1 Å². The fraction of sp³-hybridized carbons (Fsp3) is 0.538. The van der Waals surface area contributed by atoms with Gasteiger partial charge in [-0.1, -0.05) is 56.1 Å². The number of aliphatic hydroxyl groups is 1. The van der Waals surface area contributed by atoms with Crippen molar-refractivity contribution in [2.75, 3.05) is 0 Å². The van der Waals surface area contributed by atoms with Gasteiger partial charge in [-0.15, -0.1) is 0 Å². The van der Waals surface area contributed by atoms with Crippen molar-refractivity contribution >= 4 is 23.2 Å². The van der Waals surface area contributed by atoms with E-state index in [9.17, 15) is 5.11 Å². The standard InChI is InChI=1S/C13H18Cl2O/c1-4-13(2,3)11(16)8-9-6-5-7-10(14)12(9)15/h5-7,11,16H,4,8H2,1-3H3.